The molecule has 0 saturated carbocycles. The number of rotatable bonds is 6. The minimum absolute atomic E-state index is 0.00398. The molecule has 0 spiro atoms. The molecule has 0 amide bonds. The van der Waals surface area contributed by atoms with Crippen molar-refractivity contribution in [2.75, 3.05) is 13.7 Å². The number of nitrogens with one attached hydrogen (secondary N) is 1. The molecule has 1 rings (SSSR count). The smallest absolute Gasteiger partial charge is 0.143 e. The van der Waals surface area contributed by atoms with Gasteiger partial charge >= 0.3 is 0 Å². The highest BCUT2D eigenvalue weighted by molar-refractivity contribution is 5.82. The summed E-state index contributed by atoms with van der Waals surface area (Å²) in [6.07, 6.45) is 0. The van der Waals surface area contributed by atoms with Crippen molar-refractivity contribution in [1.82, 2.24) is 5.32 Å². The summed E-state index contributed by atoms with van der Waals surface area (Å²) in [5.74, 6) is 1.08. The zero-order valence-corrected chi connectivity index (χ0v) is 11.1. The summed E-state index contributed by atoms with van der Waals surface area (Å²) in [5, 5.41) is 14.9. The van der Waals surface area contributed by atoms with Crippen LogP contribution in [0.3, 0.4) is 0 Å². The monoisotopic (exact) mass is 251 g/mol. The lowest BCUT2D eigenvalue weighted by Crippen LogP contribution is -2.32. The third-order valence-corrected chi connectivity index (χ3v) is 2.97. The molecule has 0 aromatic heterocycles. The third kappa shape index (κ3) is 3.92. The Labute approximate surface area is 108 Å². The Balaban J connectivity index is 2.52. The van der Waals surface area contributed by atoms with Gasteiger partial charge in [-0.05, 0) is 24.6 Å². The van der Waals surface area contributed by atoms with E-state index < -0.39 is 0 Å². The van der Waals surface area contributed by atoms with E-state index in [2.05, 4.69) is 17.4 Å². The maximum Gasteiger partial charge on any atom is 0.143 e. The number of nitrogens with two attached hydrogens (primary N) is 1. The van der Waals surface area contributed by atoms with Gasteiger partial charge in [-0.15, -0.1) is 0 Å². The lowest BCUT2D eigenvalue weighted by molar-refractivity contribution is 0.313. The average Bonchev–Trinajstić information content (AvgIpc) is 2.43. The van der Waals surface area contributed by atoms with E-state index in [1.807, 2.05) is 31.2 Å². The van der Waals surface area contributed by atoms with Crippen molar-refractivity contribution in [3.8, 4) is 5.75 Å². The Bertz CT molecular complexity index is 390. The van der Waals surface area contributed by atoms with Gasteiger partial charge in [-0.25, -0.2) is 0 Å². The largest absolute Gasteiger partial charge is 0.497 e. The zero-order chi connectivity index (χ0) is 13.5. The van der Waals surface area contributed by atoms with Crippen molar-refractivity contribution in [2.24, 2.45) is 16.8 Å². The number of benzene rings is 1. The van der Waals surface area contributed by atoms with Crippen molar-refractivity contribution in [2.45, 2.75) is 19.9 Å². The van der Waals surface area contributed by atoms with Gasteiger partial charge in [0.25, 0.3) is 0 Å². The maximum absolute atomic E-state index is 8.57. The van der Waals surface area contributed by atoms with Crippen molar-refractivity contribution in [3.63, 3.8) is 0 Å². The lowest BCUT2D eigenvalue weighted by Gasteiger charge is -2.17. The van der Waals surface area contributed by atoms with Crippen LogP contribution < -0.4 is 15.8 Å². The second kappa shape index (κ2) is 6.86. The van der Waals surface area contributed by atoms with Crippen molar-refractivity contribution in [3.05, 3.63) is 29.8 Å². The number of ether oxygens (including phenoxy) is 1. The highest BCUT2D eigenvalue weighted by Crippen LogP contribution is 2.17. The summed E-state index contributed by atoms with van der Waals surface area (Å²) in [7, 11) is 1.65. The second-order valence-electron chi connectivity index (χ2n) is 4.33. The van der Waals surface area contributed by atoms with Gasteiger partial charge in [0.2, 0.25) is 0 Å². The van der Waals surface area contributed by atoms with E-state index in [1.54, 1.807) is 7.11 Å². The van der Waals surface area contributed by atoms with Gasteiger partial charge in [0.05, 0.1) is 7.11 Å². The number of oxime groups is 1. The minimum Gasteiger partial charge on any atom is -0.497 e. The number of nitrogens with zero attached hydrogens (tertiary/aromatic N) is 1. The molecule has 0 aliphatic carbocycles. The van der Waals surface area contributed by atoms with E-state index in [1.165, 1.54) is 5.56 Å². The molecule has 0 aliphatic heterocycles. The fourth-order valence-electron chi connectivity index (χ4n) is 1.57. The first-order chi connectivity index (χ1) is 8.58. The third-order valence-electron chi connectivity index (χ3n) is 2.97. The molecule has 4 N–H and O–H groups in total. The topological polar surface area (TPSA) is 79.9 Å². The van der Waals surface area contributed by atoms with Crippen LogP contribution in [0.15, 0.2) is 29.4 Å². The molecule has 0 saturated heterocycles. The van der Waals surface area contributed by atoms with Crippen molar-refractivity contribution >= 4 is 5.84 Å². The standard InChI is InChI=1S/C13H21N3O2/c1-9(13(14)16-17)8-15-10(2)11-4-6-12(18-3)7-5-11/h4-7,9-10,15,17H,8H2,1-3H3,(H2,14,16)/t9?,10-/m0/s1. The van der Waals surface area contributed by atoms with Crippen LogP contribution in [0.2, 0.25) is 0 Å². The first kappa shape index (κ1) is 14.3. The summed E-state index contributed by atoms with van der Waals surface area (Å²) < 4.78 is 5.11. The minimum atomic E-state index is -0.00398. The highest BCUT2D eigenvalue weighted by atomic mass is 16.5. The molecular weight excluding hydrogens is 230 g/mol. The number of hydrogen-bond donors (Lipinski definition) is 3. The number of methoxy groups -OCH3 is 1. The first-order valence-corrected chi connectivity index (χ1v) is 5.93. The molecule has 100 valence electrons. The Morgan fingerprint density at radius 1 is 1.39 bits per heavy atom. The van der Waals surface area contributed by atoms with Crippen LogP contribution >= 0.6 is 0 Å². The van der Waals surface area contributed by atoms with Gasteiger partial charge < -0.3 is 21.0 Å². The Morgan fingerprint density at radius 2 is 2.00 bits per heavy atom. The van der Waals surface area contributed by atoms with E-state index in [0.717, 1.165) is 5.75 Å². The van der Waals surface area contributed by atoms with Crippen molar-refractivity contribution in [1.29, 1.82) is 0 Å². The average molecular weight is 251 g/mol. The van der Waals surface area contributed by atoms with Gasteiger partial charge in [0, 0.05) is 18.5 Å². The number of hydrogen-bond acceptors (Lipinski definition) is 4. The van der Waals surface area contributed by atoms with Crippen LogP contribution in [0.1, 0.15) is 25.5 Å². The van der Waals surface area contributed by atoms with Crippen LogP contribution in [-0.4, -0.2) is 24.7 Å². The van der Waals surface area contributed by atoms with Crippen molar-refractivity contribution < 1.29 is 9.94 Å². The summed E-state index contributed by atoms with van der Waals surface area (Å²) in [6, 6.07) is 8.10. The summed E-state index contributed by atoms with van der Waals surface area (Å²) >= 11 is 0. The summed E-state index contributed by atoms with van der Waals surface area (Å²) in [5.41, 5.74) is 6.69. The molecular formula is C13H21N3O2. The molecule has 1 unspecified atom stereocenters. The van der Waals surface area contributed by atoms with Gasteiger partial charge in [-0.1, -0.05) is 24.2 Å². The van der Waals surface area contributed by atoms with Crippen LogP contribution in [0.4, 0.5) is 0 Å². The maximum atomic E-state index is 8.57. The van der Waals surface area contributed by atoms with Crippen LogP contribution in [0.5, 0.6) is 5.75 Å². The quantitative estimate of drug-likeness (QED) is 0.311. The molecule has 0 fully saturated rings. The van der Waals surface area contributed by atoms with Crippen LogP contribution in [0, 0.1) is 5.92 Å². The first-order valence-electron chi connectivity index (χ1n) is 5.93. The van der Waals surface area contributed by atoms with E-state index in [-0.39, 0.29) is 17.8 Å². The Kier molecular flexibility index (Phi) is 5.45. The number of amidine groups is 1. The molecule has 0 heterocycles. The molecule has 5 nitrogen and oxygen atoms in total. The van der Waals surface area contributed by atoms with Gasteiger partial charge in [-0.2, -0.15) is 0 Å². The summed E-state index contributed by atoms with van der Waals surface area (Å²) in [6.45, 7) is 4.63. The fraction of sp³-hybridized carbons (Fsp3) is 0.462. The second-order valence-corrected chi connectivity index (χ2v) is 4.33. The molecule has 2 atom stereocenters. The van der Waals surface area contributed by atoms with E-state index in [9.17, 15) is 0 Å². The molecule has 0 radical (unpaired) electrons. The molecule has 1 aromatic carbocycles. The lowest BCUT2D eigenvalue weighted by atomic mass is 10.1. The molecule has 18 heavy (non-hydrogen) atoms. The van der Waals surface area contributed by atoms with Gasteiger partial charge in [0.15, 0.2) is 0 Å². The zero-order valence-electron chi connectivity index (χ0n) is 11.1. The van der Waals surface area contributed by atoms with Gasteiger partial charge in [0.1, 0.15) is 11.6 Å². The molecule has 5 heteroatoms. The van der Waals surface area contributed by atoms with Crippen LogP contribution in [-0.2, 0) is 0 Å². The van der Waals surface area contributed by atoms with E-state index >= 15 is 0 Å². The highest BCUT2D eigenvalue weighted by Gasteiger charge is 2.10. The predicted molar refractivity (Wildman–Crippen MR) is 72.0 cm³/mol. The fourth-order valence-corrected chi connectivity index (χ4v) is 1.57. The SMILES string of the molecule is COc1ccc([C@H](C)NCC(C)/C(N)=N/O)cc1. The van der Waals surface area contributed by atoms with Crippen LogP contribution in [0.25, 0.3) is 0 Å². The van der Waals surface area contributed by atoms with Gasteiger partial charge in [-0.3, -0.25) is 0 Å². The van der Waals surface area contributed by atoms with E-state index in [4.69, 9.17) is 15.7 Å². The Hall–Kier alpha value is -1.75. The summed E-state index contributed by atoms with van der Waals surface area (Å²) in [4.78, 5) is 0. The van der Waals surface area contributed by atoms with E-state index in [0.29, 0.717) is 6.54 Å². The predicted octanol–water partition coefficient (Wildman–Crippen LogP) is 1.73. The normalized spacial score (nSPS) is 15.2. The molecule has 0 aliphatic rings. The molecule has 1 aromatic rings. The Morgan fingerprint density at radius 3 is 2.50 bits per heavy atom. The molecule has 0 bridgehead atoms.